The van der Waals surface area contributed by atoms with Crippen LogP contribution >= 0.6 is 23.4 Å². The Hall–Kier alpha value is -2.51. The number of carbonyl (C=O) groups excluding carboxylic acids is 1. The number of aromatic amines is 1. The molecule has 134 valence electrons. The Morgan fingerprint density at radius 3 is 2.81 bits per heavy atom. The van der Waals surface area contributed by atoms with Crippen LogP contribution in [0.15, 0.2) is 47.6 Å². The van der Waals surface area contributed by atoms with Crippen LogP contribution in [0.2, 0.25) is 5.02 Å². The molecule has 8 heteroatoms. The average Bonchev–Trinajstić information content (AvgIpc) is 3.12. The van der Waals surface area contributed by atoms with Crippen molar-refractivity contribution in [1.29, 1.82) is 0 Å². The third kappa shape index (κ3) is 4.36. The zero-order chi connectivity index (χ0) is 18.5. The summed E-state index contributed by atoms with van der Waals surface area (Å²) in [6.07, 6.45) is 0. The second kappa shape index (κ2) is 8.25. The van der Waals surface area contributed by atoms with E-state index in [9.17, 15) is 4.79 Å². The first-order chi connectivity index (χ1) is 12.6. The fourth-order valence-corrected chi connectivity index (χ4v) is 3.03. The number of aromatic nitrogens is 3. The number of nitrogens with zero attached hydrogens (tertiary/aromatic N) is 2. The minimum absolute atomic E-state index is 0.177. The van der Waals surface area contributed by atoms with E-state index < -0.39 is 0 Å². The highest BCUT2D eigenvalue weighted by molar-refractivity contribution is 7.99. The second-order valence-electron chi connectivity index (χ2n) is 5.47. The SMILES string of the molecule is COc1cc(Cl)c(C)cc1NC(=O)CSc1n[nH]c(-c2ccccc2)n1. The highest BCUT2D eigenvalue weighted by Crippen LogP contribution is 2.31. The minimum Gasteiger partial charge on any atom is -0.495 e. The van der Waals surface area contributed by atoms with Gasteiger partial charge in [0, 0.05) is 16.7 Å². The van der Waals surface area contributed by atoms with Crippen LogP contribution in [0, 0.1) is 6.92 Å². The second-order valence-corrected chi connectivity index (χ2v) is 6.82. The smallest absolute Gasteiger partial charge is 0.234 e. The lowest BCUT2D eigenvalue weighted by atomic mass is 10.2. The molecule has 0 aliphatic rings. The van der Waals surface area contributed by atoms with Gasteiger partial charge in [0.2, 0.25) is 11.1 Å². The number of anilines is 1. The van der Waals surface area contributed by atoms with Gasteiger partial charge in [0.15, 0.2) is 5.82 Å². The summed E-state index contributed by atoms with van der Waals surface area (Å²) in [5.41, 5.74) is 2.38. The highest BCUT2D eigenvalue weighted by Gasteiger charge is 2.12. The normalized spacial score (nSPS) is 10.6. The quantitative estimate of drug-likeness (QED) is 0.619. The van der Waals surface area contributed by atoms with Gasteiger partial charge < -0.3 is 10.1 Å². The van der Waals surface area contributed by atoms with E-state index in [1.54, 1.807) is 12.1 Å². The van der Waals surface area contributed by atoms with Gasteiger partial charge in [-0.2, -0.15) is 0 Å². The number of nitrogens with one attached hydrogen (secondary N) is 2. The molecule has 2 aromatic carbocycles. The maximum Gasteiger partial charge on any atom is 0.234 e. The van der Waals surface area contributed by atoms with Crippen molar-refractivity contribution in [2.45, 2.75) is 12.1 Å². The van der Waals surface area contributed by atoms with E-state index in [2.05, 4.69) is 20.5 Å². The van der Waals surface area contributed by atoms with Gasteiger partial charge in [-0.05, 0) is 18.6 Å². The number of H-pyrrole nitrogens is 1. The van der Waals surface area contributed by atoms with E-state index in [4.69, 9.17) is 16.3 Å². The summed E-state index contributed by atoms with van der Waals surface area (Å²) in [7, 11) is 1.53. The molecule has 3 aromatic rings. The van der Waals surface area contributed by atoms with E-state index in [1.807, 2.05) is 37.3 Å². The molecule has 2 N–H and O–H groups in total. The Bertz CT molecular complexity index is 915. The van der Waals surface area contributed by atoms with E-state index in [0.717, 1.165) is 11.1 Å². The molecule has 0 saturated carbocycles. The zero-order valence-electron chi connectivity index (χ0n) is 14.2. The Balaban J connectivity index is 1.62. The molecule has 1 aromatic heterocycles. The summed E-state index contributed by atoms with van der Waals surface area (Å²) in [4.78, 5) is 16.6. The lowest BCUT2D eigenvalue weighted by Crippen LogP contribution is -2.15. The number of ether oxygens (including phenoxy) is 1. The van der Waals surface area contributed by atoms with Crippen molar-refractivity contribution in [1.82, 2.24) is 15.2 Å². The Kier molecular flexibility index (Phi) is 5.80. The molecular formula is C18H17ClN4O2S. The Labute approximate surface area is 160 Å². The number of methoxy groups -OCH3 is 1. The van der Waals surface area contributed by atoms with Gasteiger partial charge in [0.05, 0.1) is 18.6 Å². The van der Waals surface area contributed by atoms with Crippen molar-refractivity contribution >= 4 is 35.0 Å². The summed E-state index contributed by atoms with van der Waals surface area (Å²) in [5.74, 6) is 1.18. The summed E-state index contributed by atoms with van der Waals surface area (Å²) in [6, 6.07) is 13.1. The van der Waals surface area contributed by atoms with Crippen LogP contribution in [0.25, 0.3) is 11.4 Å². The molecule has 0 saturated heterocycles. The minimum atomic E-state index is -0.180. The molecule has 0 atom stereocenters. The average molecular weight is 389 g/mol. The van der Waals surface area contributed by atoms with Gasteiger partial charge in [0.1, 0.15) is 5.75 Å². The standard InChI is InChI=1S/C18H17ClN4O2S/c1-11-8-14(15(25-2)9-13(11)19)20-16(24)10-26-18-21-17(22-23-18)12-6-4-3-5-7-12/h3-9H,10H2,1-2H3,(H,20,24)(H,21,22,23). The van der Waals surface area contributed by atoms with E-state index >= 15 is 0 Å². The zero-order valence-corrected chi connectivity index (χ0v) is 15.8. The molecule has 0 radical (unpaired) electrons. The Morgan fingerprint density at radius 2 is 2.08 bits per heavy atom. The molecule has 0 spiro atoms. The van der Waals surface area contributed by atoms with E-state index in [1.165, 1.54) is 18.9 Å². The van der Waals surface area contributed by atoms with Gasteiger partial charge in [-0.25, -0.2) is 4.98 Å². The fraction of sp³-hybridized carbons (Fsp3) is 0.167. The van der Waals surface area contributed by atoms with E-state index in [0.29, 0.717) is 27.4 Å². The van der Waals surface area contributed by atoms with Crippen molar-refractivity contribution in [3.8, 4) is 17.1 Å². The highest BCUT2D eigenvalue weighted by atomic mass is 35.5. The van der Waals surface area contributed by atoms with Crippen LogP contribution in [0.1, 0.15) is 5.56 Å². The molecule has 6 nitrogen and oxygen atoms in total. The van der Waals surface area contributed by atoms with Crippen LogP contribution < -0.4 is 10.1 Å². The summed E-state index contributed by atoms with van der Waals surface area (Å²) < 4.78 is 5.26. The molecule has 1 amide bonds. The molecule has 1 heterocycles. The molecule has 0 fully saturated rings. The lowest BCUT2D eigenvalue weighted by molar-refractivity contribution is -0.113. The van der Waals surface area contributed by atoms with Crippen molar-refractivity contribution < 1.29 is 9.53 Å². The topological polar surface area (TPSA) is 79.9 Å². The predicted molar refractivity (Wildman–Crippen MR) is 104 cm³/mol. The molecule has 0 bridgehead atoms. The van der Waals surface area contributed by atoms with Crippen molar-refractivity contribution in [3.05, 3.63) is 53.1 Å². The number of carbonyl (C=O) groups is 1. The largest absolute Gasteiger partial charge is 0.495 e. The summed E-state index contributed by atoms with van der Waals surface area (Å²) in [5, 5.41) is 10.9. The molecule has 0 aliphatic carbocycles. The summed E-state index contributed by atoms with van der Waals surface area (Å²) >= 11 is 7.33. The predicted octanol–water partition coefficient (Wildman–Crippen LogP) is 4.17. The number of amides is 1. The van der Waals surface area contributed by atoms with Gasteiger partial charge >= 0.3 is 0 Å². The van der Waals surface area contributed by atoms with Crippen LogP contribution in [0.4, 0.5) is 5.69 Å². The van der Waals surface area contributed by atoms with Crippen molar-refractivity contribution in [2.75, 3.05) is 18.2 Å². The maximum atomic E-state index is 12.2. The molecular weight excluding hydrogens is 372 g/mol. The summed E-state index contributed by atoms with van der Waals surface area (Å²) in [6.45, 7) is 1.87. The first-order valence-corrected chi connectivity index (χ1v) is 9.18. The van der Waals surface area contributed by atoms with Crippen molar-refractivity contribution in [3.63, 3.8) is 0 Å². The van der Waals surface area contributed by atoms with Gasteiger partial charge in [-0.3, -0.25) is 9.89 Å². The van der Waals surface area contributed by atoms with Crippen molar-refractivity contribution in [2.24, 2.45) is 0 Å². The van der Waals surface area contributed by atoms with Crippen LogP contribution in [-0.4, -0.2) is 34.0 Å². The molecule has 3 rings (SSSR count). The third-order valence-corrected chi connectivity index (χ3v) is 4.85. The molecule has 0 aliphatic heterocycles. The van der Waals surface area contributed by atoms with Crippen LogP contribution in [0.5, 0.6) is 5.75 Å². The number of hydrogen-bond donors (Lipinski definition) is 2. The third-order valence-electron chi connectivity index (χ3n) is 3.60. The Morgan fingerprint density at radius 1 is 1.31 bits per heavy atom. The van der Waals surface area contributed by atoms with Gasteiger partial charge in [-0.1, -0.05) is 53.7 Å². The van der Waals surface area contributed by atoms with Gasteiger partial charge in [-0.15, -0.1) is 5.10 Å². The first kappa shape index (κ1) is 18.3. The number of aryl methyl sites for hydroxylation is 1. The number of benzene rings is 2. The van der Waals surface area contributed by atoms with Crippen LogP contribution in [-0.2, 0) is 4.79 Å². The lowest BCUT2D eigenvalue weighted by Gasteiger charge is -2.11. The number of hydrogen-bond acceptors (Lipinski definition) is 5. The number of rotatable bonds is 6. The fourth-order valence-electron chi connectivity index (χ4n) is 2.28. The first-order valence-electron chi connectivity index (χ1n) is 7.81. The monoisotopic (exact) mass is 388 g/mol. The molecule has 26 heavy (non-hydrogen) atoms. The maximum absolute atomic E-state index is 12.2. The van der Waals surface area contributed by atoms with Crippen LogP contribution in [0.3, 0.4) is 0 Å². The molecule has 0 unspecified atom stereocenters. The van der Waals surface area contributed by atoms with E-state index in [-0.39, 0.29) is 11.7 Å². The number of halogens is 1. The number of thioether (sulfide) groups is 1. The van der Waals surface area contributed by atoms with Gasteiger partial charge in [0.25, 0.3) is 0 Å².